The molecular formula is C20H27N5O2S. The lowest BCUT2D eigenvalue weighted by Crippen LogP contribution is -2.52. The van der Waals surface area contributed by atoms with Crippen molar-refractivity contribution < 1.29 is 9.53 Å². The van der Waals surface area contributed by atoms with E-state index in [1.165, 1.54) is 12.1 Å². The number of anilines is 2. The Kier molecular flexibility index (Phi) is 7.13. The Bertz CT molecular complexity index is 768. The molecule has 0 radical (unpaired) electrons. The van der Waals surface area contributed by atoms with E-state index in [9.17, 15) is 4.79 Å². The zero-order chi connectivity index (χ0) is 19.8. The smallest absolute Gasteiger partial charge is 0.411 e. The van der Waals surface area contributed by atoms with E-state index in [2.05, 4.69) is 49.6 Å². The van der Waals surface area contributed by atoms with Gasteiger partial charge in [0.15, 0.2) is 5.96 Å². The first kappa shape index (κ1) is 20.0. The number of amides is 1. The number of guanidine groups is 1. The van der Waals surface area contributed by atoms with Crippen molar-refractivity contribution in [1.82, 2.24) is 10.2 Å². The fraction of sp³-hybridized carbons (Fsp3) is 0.400. The molecule has 2 N–H and O–H groups in total. The molecule has 8 heteroatoms. The van der Waals surface area contributed by atoms with Gasteiger partial charge in [-0.05, 0) is 42.1 Å². The molecule has 1 aliphatic heterocycles. The second-order valence-corrected chi connectivity index (χ2v) is 7.34. The number of carbonyl (C=O) groups excluding carboxylic acids is 1. The molecule has 150 valence electrons. The lowest BCUT2D eigenvalue weighted by molar-refractivity contribution is 0.187. The highest BCUT2D eigenvalue weighted by Crippen LogP contribution is 2.22. The molecule has 0 unspecified atom stereocenters. The van der Waals surface area contributed by atoms with Crippen LogP contribution in [-0.4, -0.2) is 56.8 Å². The van der Waals surface area contributed by atoms with E-state index in [1.807, 2.05) is 24.3 Å². The van der Waals surface area contributed by atoms with Crippen LogP contribution in [0.2, 0.25) is 0 Å². The van der Waals surface area contributed by atoms with Crippen LogP contribution in [0.15, 0.2) is 46.8 Å². The second-order valence-electron chi connectivity index (χ2n) is 6.41. The fourth-order valence-corrected chi connectivity index (χ4v) is 3.83. The molecule has 0 bridgehead atoms. The van der Waals surface area contributed by atoms with Crippen molar-refractivity contribution in [3.05, 3.63) is 47.3 Å². The number of aliphatic imine (C=N–C) groups is 1. The van der Waals surface area contributed by atoms with E-state index in [0.29, 0.717) is 12.2 Å². The number of carbonyl (C=O) groups is 1. The quantitative estimate of drug-likeness (QED) is 0.595. The van der Waals surface area contributed by atoms with E-state index >= 15 is 0 Å². The van der Waals surface area contributed by atoms with Crippen molar-refractivity contribution in [3.8, 4) is 0 Å². The summed E-state index contributed by atoms with van der Waals surface area (Å²) >= 11 is 1.79. The van der Waals surface area contributed by atoms with E-state index < -0.39 is 6.09 Å². The van der Waals surface area contributed by atoms with Gasteiger partial charge >= 0.3 is 6.09 Å². The predicted octanol–water partition coefficient (Wildman–Crippen LogP) is 3.21. The van der Waals surface area contributed by atoms with Crippen molar-refractivity contribution >= 4 is 34.1 Å². The second kappa shape index (κ2) is 9.98. The maximum absolute atomic E-state index is 11.3. The minimum atomic E-state index is -0.470. The van der Waals surface area contributed by atoms with E-state index in [-0.39, 0.29) is 0 Å². The van der Waals surface area contributed by atoms with Gasteiger partial charge < -0.3 is 19.9 Å². The van der Waals surface area contributed by atoms with Crippen molar-refractivity contribution in [2.45, 2.75) is 13.5 Å². The third-order valence-corrected chi connectivity index (χ3v) is 5.46. The Morgan fingerprint density at radius 2 is 1.93 bits per heavy atom. The molecule has 1 aromatic carbocycles. The Hall–Kier alpha value is -2.74. The highest BCUT2D eigenvalue weighted by Gasteiger charge is 2.20. The van der Waals surface area contributed by atoms with Crippen molar-refractivity contribution in [2.75, 3.05) is 50.1 Å². The molecule has 0 aliphatic carbocycles. The zero-order valence-corrected chi connectivity index (χ0v) is 17.2. The molecule has 2 aromatic rings. The third-order valence-electron chi connectivity index (χ3n) is 4.53. The number of methoxy groups -OCH3 is 1. The maximum atomic E-state index is 11.3. The molecule has 1 amide bonds. The maximum Gasteiger partial charge on any atom is 0.411 e. The number of rotatable bonds is 5. The van der Waals surface area contributed by atoms with E-state index in [1.54, 1.807) is 11.3 Å². The minimum Gasteiger partial charge on any atom is -0.453 e. The van der Waals surface area contributed by atoms with Gasteiger partial charge in [-0.2, -0.15) is 0 Å². The fourth-order valence-electron chi connectivity index (χ4n) is 3.04. The Balaban J connectivity index is 1.57. The summed E-state index contributed by atoms with van der Waals surface area (Å²) in [5.74, 6) is 0.949. The van der Waals surface area contributed by atoms with E-state index in [0.717, 1.165) is 44.2 Å². The summed E-state index contributed by atoms with van der Waals surface area (Å²) in [5.41, 5.74) is 1.79. The predicted molar refractivity (Wildman–Crippen MR) is 115 cm³/mol. The number of hydrogen-bond donors (Lipinski definition) is 2. The highest BCUT2D eigenvalue weighted by molar-refractivity contribution is 7.14. The van der Waals surface area contributed by atoms with Gasteiger partial charge in [0.05, 0.1) is 18.7 Å². The van der Waals surface area contributed by atoms with Crippen LogP contribution in [0.5, 0.6) is 0 Å². The molecular weight excluding hydrogens is 374 g/mol. The monoisotopic (exact) mass is 401 g/mol. The van der Waals surface area contributed by atoms with Crippen molar-refractivity contribution in [3.63, 3.8) is 0 Å². The zero-order valence-electron chi connectivity index (χ0n) is 16.4. The van der Waals surface area contributed by atoms with Crippen LogP contribution >= 0.6 is 11.3 Å². The number of ether oxygens (including phenoxy) is 1. The van der Waals surface area contributed by atoms with Gasteiger partial charge in [0.2, 0.25) is 0 Å². The topological polar surface area (TPSA) is 69.2 Å². The molecule has 1 saturated heterocycles. The molecule has 0 spiro atoms. The molecule has 3 rings (SSSR count). The average molecular weight is 402 g/mol. The standard InChI is InChI=1S/C20H27N5O2S/c1-3-21-19(25-12-10-24(11-13-25)18-5-4-14-28-18)22-15-16-6-8-17(9-7-16)23-20(26)27-2/h4-9,14H,3,10-13,15H2,1-2H3,(H,21,22)(H,23,26). The lowest BCUT2D eigenvalue weighted by atomic mass is 10.2. The number of hydrogen-bond acceptors (Lipinski definition) is 5. The van der Waals surface area contributed by atoms with Gasteiger partial charge in [-0.3, -0.25) is 5.32 Å². The van der Waals surface area contributed by atoms with Crippen molar-refractivity contribution in [1.29, 1.82) is 0 Å². The number of nitrogens with zero attached hydrogens (tertiary/aromatic N) is 3. The molecule has 0 saturated carbocycles. The first-order valence-corrected chi connectivity index (χ1v) is 10.3. The Labute approximate surface area is 170 Å². The van der Waals surface area contributed by atoms with Crippen molar-refractivity contribution in [2.24, 2.45) is 4.99 Å². The van der Waals surface area contributed by atoms with Crippen LogP contribution in [0.4, 0.5) is 15.5 Å². The minimum absolute atomic E-state index is 0.470. The molecule has 2 heterocycles. The molecule has 28 heavy (non-hydrogen) atoms. The largest absolute Gasteiger partial charge is 0.453 e. The summed E-state index contributed by atoms with van der Waals surface area (Å²) in [6.45, 7) is 7.41. The summed E-state index contributed by atoms with van der Waals surface area (Å²) in [6, 6.07) is 11.9. The normalized spacial score (nSPS) is 14.7. The van der Waals surface area contributed by atoms with Gasteiger partial charge in [0.25, 0.3) is 0 Å². The summed E-state index contributed by atoms with van der Waals surface area (Å²) in [7, 11) is 1.35. The van der Waals surface area contributed by atoms with Gasteiger partial charge in [-0.1, -0.05) is 12.1 Å². The first-order chi connectivity index (χ1) is 13.7. The van der Waals surface area contributed by atoms with Crippen LogP contribution in [0.3, 0.4) is 0 Å². The number of nitrogens with one attached hydrogen (secondary N) is 2. The summed E-state index contributed by atoms with van der Waals surface area (Å²) in [6.07, 6.45) is -0.470. The van der Waals surface area contributed by atoms with Gasteiger partial charge in [0, 0.05) is 38.4 Å². The molecule has 7 nitrogen and oxygen atoms in total. The summed E-state index contributed by atoms with van der Waals surface area (Å²) < 4.78 is 4.60. The SMILES string of the molecule is CCNC(=NCc1ccc(NC(=O)OC)cc1)N1CCN(c2cccs2)CC1. The Morgan fingerprint density at radius 3 is 2.54 bits per heavy atom. The summed E-state index contributed by atoms with van der Waals surface area (Å²) in [5, 5.41) is 9.51. The molecule has 0 atom stereocenters. The average Bonchev–Trinajstić information content (AvgIpc) is 3.27. The summed E-state index contributed by atoms with van der Waals surface area (Å²) in [4.78, 5) is 20.8. The van der Waals surface area contributed by atoms with Gasteiger partial charge in [0.1, 0.15) is 0 Å². The lowest BCUT2D eigenvalue weighted by Gasteiger charge is -2.37. The van der Waals surface area contributed by atoms with Crippen LogP contribution in [0, 0.1) is 0 Å². The van der Waals surface area contributed by atoms with Crippen LogP contribution in [0.1, 0.15) is 12.5 Å². The van der Waals surface area contributed by atoms with Gasteiger partial charge in [-0.25, -0.2) is 9.79 Å². The third kappa shape index (κ3) is 5.39. The van der Waals surface area contributed by atoms with Gasteiger partial charge in [-0.15, -0.1) is 11.3 Å². The van der Waals surface area contributed by atoms with Crippen LogP contribution < -0.4 is 15.5 Å². The van der Waals surface area contributed by atoms with Crippen LogP contribution in [-0.2, 0) is 11.3 Å². The van der Waals surface area contributed by atoms with Crippen LogP contribution in [0.25, 0.3) is 0 Å². The highest BCUT2D eigenvalue weighted by atomic mass is 32.1. The molecule has 1 fully saturated rings. The number of piperazine rings is 1. The Morgan fingerprint density at radius 1 is 1.18 bits per heavy atom. The van der Waals surface area contributed by atoms with E-state index in [4.69, 9.17) is 4.99 Å². The number of thiophene rings is 1. The molecule has 1 aliphatic rings. The molecule has 1 aromatic heterocycles. The first-order valence-electron chi connectivity index (χ1n) is 9.45. The number of benzene rings is 1.